The van der Waals surface area contributed by atoms with Crippen LogP contribution in [0.3, 0.4) is 0 Å². The standard InChI is InChI=1S/C18H22N6O4/c1-5-22-10-14(8-19-22)9-21(4)18(25)16-7-6-15(28-16)11-23-13(3)17(24(26)27)12(2)20-23/h6-8,10H,5,9,11H2,1-4H3. The van der Waals surface area contributed by atoms with E-state index in [1.54, 1.807) is 48.8 Å². The lowest BCUT2D eigenvalue weighted by Crippen LogP contribution is -2.25. The molecule has 3 aromatic heterocycles. The second-order valence-corrected chi connectivity index (χ2v) is 6.57. The molecular formula is C18H22N6O4. The van der Waals surface area contributed by atoms with Gasteiger partial charge in [0.05, 0.1) is 17.7 Å². The van der Waals surface area contributed by atoms with Gasteiger partial charge in [0.1, 0.15) is 17.1 Å². The fourth-order valence-corrected chi connectivity index (χ4v) is 3.03. The molecule has 0 fully saturated rings. The minimum absolute atomic E-state index is 0.00443. The van der Waals surface area contributed by atoms with E-state index in [4.69, 9.17) is 4.42 Å². The molecule has 1 amide bonds. The largest absolute Gasteiger partial charge is 0.454 e. The minimum Gasteiger partial charge on any atom is -0.454 e. The summed E-state index contributed by atoms with van der Waals surface area (Å²) in [6, 6.07) is 3.28. The zero-order chi connectivity index (χ0) is 20.4. The first kappa shape index (κ1) is 19.3. The number of carbonyl (C=O) groups excluding carboxylic acids is 1. The summed E-state index contributed by atoms with van der Waals surface area (Å²) >= 11 is 0. The molecule has 10 heteroatoms. The Morgan fingerprint density at radius 1 is 1.36 bits per heavy atom. The number of aromatic nitrogens is 4. The van der Waals surface area contributed by atoms with Crippen LogP contribution in [0.1, 0.15) is 40.2 Å². The number of aryl methyl sites for hydroxylation is 2. The average Bonchev–Trinajstić information content (AvgIpc) is 3.34. The molecule has 3 aromatic rings. The maximum Gasteiger partial charge on any atom is 0.312 e. The monoisotopic (exact) mass is 386 g/mol. The van der Waals surface area contributed by atoms with Crippen LogP contribution in [-0.2, 0) is 19.6 Å². The zero-order valence-electron chi connectivity index (χ0n) is 16.2. The highest BCUT2D eigenvalue weighted by Gasteiger charge is 2.23. The lowest BCUT2D eigenvalue weighted by molar-refractivity contribution is -0.386. The van der Waals surface area contributed by atoms with Gasteiger partial charge in [-0.3, -0.25) is 24.3 Å². The predicted molar refractivity (Wildman–Crippen MR) is 99.9 cm³/mol. The van der Waals surface area contributed by atoms with Crippen LogP contribution >= 0.6 is 0 Å². The molecule has 0 saturated heterocycles. The van der Waals surface area contributed by atoms with Crippen molar-refractivity contribution in [1.29, 1.82) is 0 Å². The number of carbonyl (C=O) groups is 1. The highest BCUT2D eigenvalue weighted by Crippen LogP contribution is 2.23. The van der Waals surface area contributed by atoms with Gasteiger partial charge in [-0.15, -0.1) is 0 Å². The third-order valence-electron chi connectivity index (χ3n) is 4.48. The van der Waals surface area contributed by atoms with Crippen LogP contribution in [0.2, 0.25) is 0 Å². The first-order valence-electron chi connectivity index (χ1n) is 8.84. The van der Waals surface area contributed by atoms with E-state index in [1.165, 1.54) is 4.68 Å². The predicted octanol–water partition coefficient (Wildman–Crippen LogP) is 2.54. The average molecular weight is 386 g/mol. The Morgan fingerprint density at radius 2 is 2.11 bits per heavy atom. The molecule has 0 bridgehead atoms. The Bertz CT molecular complexity index is 1020. The van der Waals surface area contributed by atoms with Gasteiger partial charge in [0.2, 0.25) is 0 Å². The van der Waals surface area contributed by atoms with Crippen LogP contribution in [-0.4, -0.2) is 42.3 Å². The van der Waals surface area contributed by atoms with Crippen LogP contribution < -0.4 is 0 Å². The molecule has 0 aromatic carbocycles. The fraction of sp³-hybridized carbons (Fsp3) is 0.389. The lowest BCUT2D eigenvalue weighted by Gasteiger charge is -2.14. The van der Waals surface area contributed by atoms with E-state index in [0.717, 1.165) is 12.1 Å². The highest BCUT2D eigenvalue weighted by atomic mass is 16.6. The van der Waals surface area contributed by atoms with E-state index < -0.39 is 4.92 Å². The van der Waals surface area contributed by atoms with Crippen molar-refractivity contribution >= 4 is 11.6 Å². The normalized spacial score (nSPS) is 11.0. The molecule has 0 radical (unpaired) electrons. The maximum absolute atomic E-state index is 12.6. The van der Waals surface area contributed by atoms with Crippen molar-refractivity contribution in [3.63, 3.8) is 0 Å². The molecule has 0 atom stereocenters. The van der Waals surface area contributed by atoms with Gasteiger partial charge in [0.15, 0.2) is 5.76 Å². The van der Waals surface area contributed by atoms with E-state index in [-0.39, 0.29) is 23.9 Å². The molecule has 0 unspecified atom stereocenters. The molecule has 0 spiro atoms. The molecule has 10 nitrogen and oxygen atoms in total. The summed E-state index contributed by atoms with van der Waals surface area (Å²) in [5.41, 5.74) is 1.71. The van der Waals surface area contributed by atoms with Crippen molar-refractivity contribution in [2.75, 3.05) is 7.05 Å². The van der Waals surface area contributed by atoms with Gasteiger partial charge in [-0.2, -0.15) is 10.2 Å². The molecule has 3 heterocycles. The molecule has 0 saturated carbocycles. The number of furan rings is 1. The molecule has 0 aliphatic heterocycles. The van der Waals surface area contributed by atoms with Crippen LogP contribution in [0.5, 0.6) is 0 Å². The van der Waals surface area contributed by atoms with Crippen molar-refractivity contribution in [2.24, 2.45) is 0 Å². The van der Waals surface area contributed by atoms with E-state index >= 15 is 0 Å². The quantitative estimate of drug-likeness (QED) is 0.455. The van der Waals surface area contributed by atoms with Crippen LogP contribution in [0.4, 0.5) is 5.69 Å². The van der Waals surface area contributed by atoms with Crippen molar-refractivity contribution in [3.8, 4) is 0 Å². The number of hydrogen-bond acceptors (Lipinski definition) is 6. The maximum atomic E-state index is 12.6. The van der Waals surface area contributed by atoms with E-state index in [9.17, 15) is 14.9 Å². The minimum atomic E-state index is -0.444. The van der Waals surface area contributed by atoms with Crippen molar-refractivity contribution in [3.05, 3.63) is 63.1 Å². The Kier molecular flexibility index (Phi) is 5.30. The number of nitro groups is 1. The third-order valence-corrected chi connectivity index (χ3v) is 4.48. The van der Waals surface area contributed by atoms with Gasteiger partial charge in [-0.25, -0.2) is 0 Å². The van der Waals surface area contributed by atoms with E-state index in [0.29, 0.717) is 23.7 Å². The van der Waals surface area contributed by atoms with Crippen LogP contribution in [0, 0.1) is 24.0 Å². The molecule has 0 aliphatic rings. The lowest BCUT2D eigenvalue weighted by atomic mass is 10.3. The Balaban J connectivity index is 1.70. The molecular weight excluding hydrogens is 364 g/mol. The smallest absolute Gasteiger partial charge is 0.312 e. The second kappa shape index (κ2) is 7.67. The van der Waals surface area contributed by atoms with Gasteiger partial charge in [0.25, 0.3) is 5.91 Å². The first-order chi connectivity index (χ1) is 13.3. The van der Waals surface area contributed by atoms with Gasteiger partial charge in [0, 0.05) is 31.9 Å². The summed E-state index contributed by atoms with van der Waals surface area (Å²) in [5, 5.41) is 19.5. The summed E-state index contributed by atoms with van der Waals surface area (Å²) in [6.45, 7) is 6.61. The number of amides is 1. The van der Waals surface area contributed by atoms with Crippen molar-refractivity contribution in [2.45, 2.75) is 40.4 Å². The van der Waals surface area contributed by atoms with Gasteiger partial charge in [-0.05, 0) is 32.9 Å². The summed E-state index contributed by atoms with van der Waals surface area (Å²) in [6.07, 6.45) is 3.63. The van der Waals surface area contributed by atoms with Crippen molar-refractivity contribution in [1.82, 2.24) is 24.5 Å². The summed E-state index contributed by atoms with van der Waals surface area (Å²) in [5.74, 6) is 0.447. The highest BCUT2D eigenvalue weighted by molar-refractivity contribution is 5.91. The third kappa shape index (κ3) is 3.80. The molecule has 0 N–H and O–H groups in total. The Hall–Kier alpha value is -3.43. The van der Waals surface area contributed by atoms with Crippen molar-refractivity contribution < 1.29 is 14.1 Å². The first-order valence-corrected chi connectivity index (χ1v) is 8.84. The van der Waals surface area contributed by atoms with Gasteiger partial charge < -0.3 is 9.32 Å². The number of rotatable bonds is 7. The van der Waals surface area contributed by atoms with Crippen LogP contribution in [0.15, 0.2) is 28.9 Å². The fourth-order valence-electron chi connectivity index (χ4n) is 3.03. The summed E-state index contributed by atoms with van der Waals surface area (Å²) < 4.78 is 8.96. The van der Waals surface area contributed by atoms with E-state index in [1.807, 2.05) is 13.1 Å². The molecule has 148 valence electrons. The number of hydrogen-bond donors (Lipinski definition) is 0. The second-order valence-electron chi connectivity index (χ2n) is 6.57. The molecule has 28 heavy (non-hydrogen) atoms. The van der Waals surface area contributed by atoms with Crippen LogP contribution in [0.25, 0.3) is 0 Å². The molecule has 0 aliphatic carbocycles. The van der Waals surface area contributed by atoms with Gasteiger partial charge in [-0.1, -0.05) is 0 Å². The molecule has 3 rings (SSSR count). The van der Waals surface area contributed by atoms with Gasteiger partial charge >= 0.3 is 5.69 Å². The Labute approximate surface area is 161 Å². The Morgan fingerprint density at radius 3 is 2.71 bits per heavy atom. The van der Waals surface area contributed by atoms with E-state index in [2.05, 4.69) is 10.2 Å². The summed E-state index contributed by atoms with van der Waals surface area (Å²) in [4.78, 5) is 24.8. The topological polar surface area (TPSA) is 112 Å². The SMILES string of the molecule is CCn1cc(CN(C)C(=O)c2ccc(Cn3nc(C)c([N+](=O)[O-])c3C)o2)cn1. The zero-order valence-corrected chi connectivity index (χ0v) is 16.2. The number of nitrogens with zero attached hydrogens (tertiary/aromatic N) is 6. The summed E-state index contributed by atoms with van der Waals surface area (Å²) in [7, 11) is 1.69.